The maximum atomic E-state index is 12.1. The second-order valence-corrected chi connectivity index (χ2v) is 9.96. The number of rotatable bonds is 13. The molecule has 1 aliphatic rings. The van der Waals surface area contributed by atoms with Crippen molar-refractivity contribution in [2.45, 2.75) is 82.2 Å². The van der Waals surface area contributed by atoms with Gasteiger partial charge in [0.2, 0.25) is 0 Å². The van der Waals surface area contributed by atoms with Crippen LogP contribution < -0.4 is 5.32 Å². The maximum Gasteiger partial charge on any atom is 0.303 e. The van der Waals surface area contributed by atoms with E-state index in [1.165, 1.54) is 6.07 Å². The summed E-state index contributed by atoms with van der Waals surface area (Å²) in [6.45, 7) is 6.08. The van der Waals surface area contributed by atoms with Crippen LogP contribution in [0, 0.1) is 20.2 Å². The van der Waals surface area contributed by atoms with E-state index in [-0.39, 0.29) is 10.6 Å². The predicted molar refractivity (Wildman–Crippen MR) is 141 cm³/mol. The highest BCUT2D eigenvalue weighted by Gasteiger charge is 2.53. The highest BCUT2D eigenvalue weighted by Crippen LogP contribution is 2.44. The fraction of sp³-hybridized carbons (Fsp3) is 0.583. The van der Waals surface area contributed by atoms with Gasteiger partial charge in [0.25, 0.3) is 11.4 Å². The lowest BCUT2D eigenvalue weighted by atomic mass is 9.99. The zero-order valence-electron chi connectivity index (χ0n) is 23.0. The summed E-state index contributed by atoms with van der Waals surface area (Å²) in [5, 5.41) is 26.5. The average molecular weight is 602 g/mol. The number of anilines is 1. The molecule has 41 heavy (non-hydrogen) atoms. The summed E-state index contributed by atoms with van der Waals surface area (Å²) in [6.07, 6.45) is -4.20. The van der Waals surface area contributed by atoms with Gasteiger partial charge in [-0.2, -0.15) is 0 Å². The van der Waals surface area contributed by atoms with Crippen LogP contribution in [0.3, 0.4) is 0 Å². The van der Waals surface area contributed by atoms with Crippen LogP contribution in [0.5, 0.6) is 0 Å². The van der Waals surface area contributed by atoms with E-state index in [0.29, 0.717) is 24.7 Å². The molecule has 1 N–H and O–H groups in total. The van der Waals surface area contributed by atoms with Crippen LogP contribution in [0.1, 0.15) is 47.5 Å². The van der Waals surface area contributed by atoms with Crippen LogP contribution >= 0.6 is 11.8 Å². The summed E-state index contributed by atoms with van der Waals surface area (Å²) in [6, 6.07) is 1.99. The van der Waals surface area contributed by atoms with Crippen molar-refractivity contribution in [1.29, 1.82) is 0 Å². The van der Waals surface area contributed by atoms with Crippen LogP contribution in [0.4, 0.5) is 17.1 Å². The molecule has 0 saturated carbocycles. The number of nitro groups is 2. The molecule has 1 saturated heterocycles. The normalized spacial score (nSPS) is 21.7. The molecule has 1 fully saturated rings. The SMILES string of the molecule is CCCCNc1cc(S[C@@H]2O[C@H](COC(C)=O)[C@H](OC(C)=O)[C@H](OC(C)=O)[C@H]2OC(C)=O)c([N+](=O)[O-])cc1[N+](=O)[O-]. The summed E-state index contributed by atoms with van der Waals surface area (Å²) < 4.78 is 27.1. The van der Waals surface area contributed by atoms with Gasteiger partial charge in [0.1, 0.15) is 23.8 Å². The number of esters is 4. The Kier molecular flexibility index (Phi) is 12.3. The smallest absolute Gasteiger partial charge is 0.303 e. The first kappa shape index (κ1) is 33.2. The zero-order chi connectivity index (χ0) is 30.9. The van der Waals surface area contributed by atoms with Crippen LogP contribution in [0.15, 0.2) is 17.0 Å². The number of hydrogen-bond acceptors (Lipinski definition) is 15. The Hall–Kier alpha value is -3.99. The highest BCUT2D eigenvalue weighted by atomic mass is 32.2. The summed E-state index contributed by atoms with van der Waals surface area (Å²) in [5.74, 6) is -3.21. The van der Waals surface area contributed by atoms with Crippen LogP contribution in [0.25, 0.3) is 0 Å². The Labute approximate surface area is 238 Å². The van der Waals surface area contributed by atoms with Gasteiger partial charge in [-0.3, -0.25) is 39.4 Å². The second-order valence-electron chi connectivity index (χ2n) is 8.82. The predicted octanol–water partition coefficient (Wildman–Crippen LogP) is 2.89. The van der Waals surface area contributed by atoms with E-state index < -0.39 is 81.6 Å². The minimum Gasteiger partial charge on any atom is -0.463 e. The Morgan fingerprint density at radius 2 is 1.44 bits per heavy atom. The number of hydrogen-bond donors (Lipinski definition) is 1. The van der Waals surface area contributed by atoms with Crippen molar-refractivity contribution in [3.05, 3.63) is 32.4 Å². The topological polar surface area (TPSA) is 213 Å². The van der Waals surface area contributed by atoms with Crippen molar-refractivity contribution in [2.24, 2.45) is 0 Å². The van der Waals surface area contributed by atoms with Gasteiger partial charge in [-0.1, -0.05) is 25.1 Å². The molecule has 1 aromatic carbocycles. The minimum atomic E-state index is -1.48. The second kappa shape index (κ2) is 15.1. The summed E-state index contributed by atoms with van der Waals surface area (Å²) >= 11 is 0.657. The minimum absolute atomic E-state index is 0.00202. The molecule has 1 aliphatic heterocycles. The number of unbranched alkanes of at least 4 members (excludes halogenated alkanes) is 1. The van der Waals surface area contributed by atoms with E-state index in [4.69, 9.17) is 23.7 Å². The Bertz CT molecular complexity index is 1180. The van der Waals surface area contributed by atoms with Crippen LogP contribution in [0.2, 0.25) is 0 Å². The Morgan fingerprint density at radius 1 is 0.878 bits per heavy atom. The third-order valence-corrected chi connectivity index (χ3v) is 6.70. The summed E-state index contributed by atoms with van der Waals surface area (Å²) in [7, 11) is 0. The molecule has 0 radical (unpaired) electrons. The summed E-state index contributed by atoms with van der Waals surface area (Å²) in [5.41, 5.74) is -2.53. The summed E-state index contributed by atoms with van der Waals surface area (Å²) in [4.78, 5) is 69.4. The third-order valence-electron chi connectivity index (χ3n) is 5.51. The van der Waals surface area contributed by atoms with E-state index in [0.717, 1.165) is 40.2 Å². The number of ether oxygens (including phenoxy) is 5. The van der Waals surface area contributed by atoms with E-state index in [1.807, 2.05) is 6.92 Å². The lowest BCUT2D eigenvalue weighted by molar-refractivity contribution is -0.395. The molecule has 0 bridgehead atoms. The standard InChI is InChI=1S/C24H31N3O13S/c1-6-7-8-25-16-9-20(18(27(34)35)10-17(16)26(32)33)41-24-23(39-15(5)31)22(38-14(4)30)21(37-13(3)29)19(40-24)11-36-12(2)28/h9-10,19,21-25H,6-8,11H2,1-5H3/t19-,21+,22+,23-,24+/m1/s1. The van der Waals surface area contributed by atoms with Gasteiger partial charge in [-0.15, -0.1) is 0 Å². The number of thioether (sulfide) groups is 1. The van der Waals surface area contributed by atoms with Crippen LogP contribution in [-0.4, -0.2) is 76.7 Å². The first-order valence-electron chi connectivity index (χ1n) is 12.4. The molecule has 2 rings (SSSR count). The van der Waals surface area contributed by atoms with E-state index >= 15 is 0 Å². The molecule has 17 heteroatoms. The first-order valence-corrected chi connectivity index (χ1v) is 13.3. The lowest BCUT2D eigenvalue weighted by Gasteiger charge is -2.44. The zero-order valence-corrected chi connectivity index (χ0v) is 23.8. The lowest BCUT2D eigenvalue weighted by Crippen LogP contribution is -2.61. The molecule has 5 atom stereocenters. The molecule has 1 aromatic rings. The third kappa shape index (κ3) is 9.56. The molecular formula is C24H31N3O13S. The largest absolute Gasteiger partial charge is 0.463 e. The number of carbonyl (C=O) groups excluding carboxylic acids is 4. The molecule has 0 spiro atoms. The van der Waals surface area contributed by atoms with Gasteiger partial charge in [0, 0.05) is 34.2 Å². The van der Waals surface area contributed by atoms with Crippen molar-refractivity contribution in [1.82, 2.24) is 0 Å². The number of benzene rings is 1. The van der Waals surface area contributed by atoms with E-state index in [1.54, 1.807) is 0 Å². The quantitative estimate of drug-likeness (QED) is 0.113. The van der Waals surface area contributed by atoms with Gasteiger partial charge in [0.15, 0.2) is 18.3 Å². The molecule has 0 aliphatic carbocycles. The van der Waals surface area contributed by atoms with Gasteiger partial charge in [0.05, 0.1) is 20.8 Å². The van der Waals surface area contributed by atoms with Gasteiger partial charge in [-0.05, 0) is 12.5 Å². The Morgan fingerprint density at radius 3 is 1.95 bits per heavy atom. The number of carbonyl (C=O) groups is 4. The average Bonchev–Trinajstić information content (AvgIpc) is 2.85. The van der Waals surface area contributed by atoms with Crippen molar-refractivity contribution < 1.29 is 52.7 Å². The van der Waals surface area contributed by atoms with Gasteiger partial charge >= 0.3 is 23.9 Å². The number of nitro benzene ring substituents is 2. The van der Waals surface area contributed by atoms with Crippen molar-refractivity contribution in [3.8, 4) is 0 Å². The molecule has 1 heterocycles. The van der Waals surface area contributed by atoms with E-state index in [2.05, 4.69) is 5.32 Å². The van der Waals surface area contributed by atoms with Gasteiger partial charge in [-0.25, -0.2) is 0 Å². The molecule has 16 nitrogen and oxygen atoms in total. The van der Waals surface area contributed by atoms with Crippen molar-refractivity contribution in [2.75, 3.05) is 18.5 Å². The molecular weight excluding hydrogens is 570 g/mol. The van der Waals surface area contributed by atoms with Crippen molar-refractivity contribution in [3.63, 3.8) is 0 Å². The van der Waals surface area contributed by atoms with E-state index in [9.17, 15) is 39.4 Å². The fourth-order valence-electron chi connectivity index (χ4n) is 3.90. The van der Waals surface area contributed by atoms with Gasteiger partial charge < -0.3 is 29.0 Å². The fourth-order valence-corrected chi connectivity index (χ4v) is 5.13. The van der Waals surface area contributed by atoms with Crippen molar-refractivity contribution >= 4 is 52.7 Å². The molecule has 0 amide bonds. The highest BCUT2D eigenvalue weighted by molar-refractivity contribution is 8.00. The molecule has 0 aromatic heterocycles. The molecule has 226 valence electrons. The van der Waals surface area contributed by atoms with Crippen LogP contribution in [-0.2, 0) is 42.9 Å². The number of nitrogens with zero attached hydrogens (tertiary/aromatic N) is 2. The first-order chi connectivity index (χ1) is 19.2. The number of nitrogens with one attached hydrogen (secondary N) is 1. The molecule has 0 unspecified atom stereocenters. The maximum absolute atomic E-state index is 12.1. The monoisotopic (exact) mass is 601 g/mol. The Balaban J connectivity index is 2.66.